The predicted octanol–water partition coefficient (Wildman–Crippen LogP) is 2.46. The van der Waals surface area contributed by atoms with Crippen LogP contribution in [0, 0.1) is 0 Å². The largest absolute Gasteiger partial charge is 0.493 e. The Kier molecular flexibility index (Phi) is 6.57. The van der Waals surface area contributed by atoms with Crippen LogP contribution in [0.1, 0.15) is 30.4 Å². The van der Waals surface area contributed by atoms with Gasteiger partial charge in [0.05, 0.1) is 14.2 Å². The minimum absolute atomic E-state index is 0.243. The molecule has 2 atom stereocenters. The molecule has 5 heteroatoms. The molecule has 1 aromatic rings. The third-order valence-corrected chi connectivity index (χ3v) is 5.73. The Hall–Kier alpha value is -1.56. The summed E-state index contributed by atoms with van der Waals surface area (Å²) in [7, 11) is 3.37. The van der Waals surface area contributed by atoms with Crippen LogP contribution in [0.25, 0.3) is 0 Å². The fraction of sp³-hybridized carbons (Fsp3) is 0.619. The minimum Gasteiger partial charge on any atom is -0.493 e. The number of fused-ring (bicyclic) bond motifs is 1. The van der Waals surface area contributed by atoms with Crippen molar-refractivity contribution in [1.29, 1.82) is 0 Å². The van der Waals surface area contributed by atoms with Gasteiger partial charge in [0.15, 0.2) is 11.5 Å². The Morgan fingerprint density at radius 3 is 2.81 bits per heavy atom. The first-order chi connectivity index (χ1) is 12.7. The summed E-state index contributed by atoms with van der Waals surface area (Å²) >= 11 is 0. The average Bonchev–Trinajstić information content (AvgIpc) is 3.09. The second kappa shape index (κ2) is 8.89. The Morgan fingerprint density at radius 2 is 2.12 bits per heavy atom. The summed E-state index contributed by atoms with van der Waals surface area (Å²) in [6.07, 6.45) is 6.06. The highest BCUT2D eigenvalue weighted by Gasteiger charge is 2.35. The number of benzene rings is 1. The van der Waals surface area contributed by atoms with Crippen LogP contribution in [0.15, 0.2) is 24.8 Å². The van der Waals surface area contributed by atoms with Crippen LogP contribution >= 0.6 is 0 Å². The Morgan fingerprint density at radius 1 is 1.27 bits per heavy atom. The van der Waals surface area contributed by atoms with Gasteiger partial charge in [-0.25, -0.2) is 0 Å². The van der Waals surface area contributed by atoms with E-state index in [1.54, 1.807) is 14.2 Å². The summed E-state index contributed by atoms with van der Waals surface area (Å²) in [5, 5.41) is 9.51. The molecule has 1 aromatic carbocycles. The van der Waals surface area contributed by atoms with Crippen molar-refractivity contribution < 1.29 is 14.6 Å². The highest BCUT2D eigenvalue weighted by molar-refractivity contribution is 5.50. The van der Waals surface area contributed by atoms with Crippen LogP contribution in [-0.2, 0) is 13.0 Å². The van der Waals surface area contributed by atoms with Gasteiger partial charge in [-0.3, -0.25) is 9.80 Å². The standard InChI is InChI=1S/C21H32N2O3/c1-4-6-17-11-16(12-20(25-2)21(17)26-3)13-23-15-18-7-5-9-22(18)14-19(23)8-10-24/h4,11-12,18-19,24H,1,5-10,13-15H2,2-3H3/t18?,19-/m0/s1. The van der Waals surface area contributed by atoms with Crippen LogP contribution in [0.4, 0.5) is 0 Å². The van der Waals surface area contributed by atoms with Crippen LogP contribution < -0.4 is 9.47 Å². The zero-order valence-corrected chi connectivity index (χ0v) is 16.1. The van der Waals surface area contributed by atoms with E-state index in [4.69, 9.17) is 9.47 Å². The number of ether oxygens (including phenoxy) is 2. The second-order valence-corrected chi connectivity index (χ2v) is 7.37. The van der Waals surface area contributed by atoms with Gasteiger partial charge in [0.2, 0.25) is 0 Å². The molecule has 1 N–H and O–H groups in total. The molecule has 0 spiro atoms. The second-order valence-electron chi connectivity index (χ2n) is 7.37. The monoisotopic (exact) mass is 360 g/mol. The van der Waals surface area contributed by atoms with Gasteiger partial charge in [0.1, 0.15) is 0 Å². The summed E-state index contributed by atoms with van der Waals surface area (Å²) < 4.78 is 11.1. The maximum atomic E-state index is 9.51. The summed E-state index contributed by atoms with van der Waals surface area (Å²) in [6.45, 7) is 8.34. The van der Waals surface area contributed by atoms with Crippen molar-refractivity contribution in [3.05, 3.63) is 35.9 Å². The molecule has 0 aliphatic carbocycles. The minimum atomic E-state index is 0.243. The van der Waals surface area contributed by atoms with Gasteiger partial charge in [-0.1, -0.05) is 12.1 Å². The van der Waals surface area contributed by atoms with Crippen molar-refractivity contribution in [3.63, 3.8) is 0 Å². The van der Waals surface area contributed by atoms with Crippen molar-refractivity contribution in [2.45, 2.75) is 44.3 Å². The lowest BCUT2D eigenvalue weighted by Crippen LogP contribution is -2.55. The fourth-order valence-corrected chi connectivity index (χ4v) is 4.50. The number of piperazine rings is 1. The molecule has 1 unspecified atom stereocenters. The van der Waals surface area contributed by atoms with Crippen LogP contribution in [0.2, 0.25) is 0 Å². The number of hydrogen-bond donors (Lipinski definition) is 1. The maximum absolute atomic E-state index is 9.51. The maximum Gasteiger partial charge on any atom is 0.164 e. The van der Waals surface area contributed by atoms with Crippen molar-refractivity contribution >= 4 is 0 Å². The summed E-state index contributed by atoms with van der Waals surface area (Å²) in [5.74, 6) is 1.57. The van der Waals surface area contributed by atoms with Gasteiger partial charge in [0, 0.05) is 43.9 Å². The molecule has 3 rings (SSSR count). The van der Waals surface area contributed by atoms with E-state index in [1.807, 2.05) is 6.08 Å². The van der Waals surface area contributed by atoms with Crippen molar-refractivity contribution in [2.75, 3.05) is 40.5 Å². The average molecular weight is 360 g/mol. The third-order valence-electron chi connectivity index (χ3n) is 5.73. The molecule has 2 aliphatic rings. The summed E-state index contributed by atoms with van der Waals surface area (Å²) in [5.41, 5.74) is 2.34. The highest BCUT2D eigenvalue weighted by atomic mass is 16.5. The van der Waals surface area contributed by atoms with Gasteiger partial charge in [-0.05, 0) is 43.9 Å². The van der Waals surface area contributed by atoms with E-state index in [1.165, 1.54) is 24.9 Å². The Labute approximate surface area is 157 Å². The van der Waals surface area contributed by atoms with E-state index >= 15 is 0 Å². The molecule has 0 aromatic heterocycles. The molecule has 144 valence electrons. The Balaban J connectivity index is 1.83. The lowest BCUT2D eigenvalue weighted by Gasteiger charge is -2.43. The third kappa shape index (κ3) is 4.05. The van der Waals surface area contributed by atoms with Gasteiger partial charge in [-0.15, -0.1) is 6.58 Å². The van der Waals surface area contributed by atoms with E-state index < -0.39 is 0 Å². The number of aliphatic hydroxyl groups excluding tert-OH is 1. The van der Waals surface area contributed by atoms with Crippen LogP contribution in [-0.4, -0.2) is 67.5 Å². The van der Waals surface area contributed by atoms with Gasteiger partial charge in [-0.2, -0.15) is 0 Å². The van der Waals surface area contributed by atoms with Crippen molar-refractivity contribution in [2.24, 2.45) is 0 Å². The number of nitrogens with zero attached hydrogens (tertiary/aromatic N) is 2. The number of methoxy groups -OCH3 is 2. The van der Waals surface area contributed by atoms with Gasteiger partial charge in [0.25, 0.3) is 0 Å². The quantitative estimate of drug-likeness (QED) is 0.722. The molecule has 0 saturated carbocycles. The van der Waals surface area contributed by atoms with Gasteiger partial charge >= 0.3 is 0 Å². The first-order valence-electron chi connectivity index (χ1n) is 9.63. The van der Waals surface area contributed by atoms with Crippen LogP contribution in [0.3, 0.4) is 0 Å². The first kappa shape index (κ1) is 19.2. The normalized spacial score (nSPS) is 23.7. The van der Waals surface area contributed by atoms with Gasteiger partial charge < -0.3 is 14.6 Å². The number of allylic oxidation sites excluding steroid dienone is 1. The van der Waals surface area contributed by atoms with E-state index in [0.29, 0.717) is 12.1 Å². The molecule has 0 amide bonds. The van der Waals surface area contributed by atoms with Crippen LogP contribution in [0.5, 0.6) is 11.5 Å². The molecular weight excluding hydrogens is 328 g/mol. The first-order valence-corrected chi connectivity index (χ1v) is 9.63. The van der Waals surface area contributed by atoms with E-state index in [0.717, 1.165) is 49.5 Å². The molecule has 26 heavy (non-hydrogen) atoms. The highest BCUT2D eigenvalue weighted by Crippen LogP contribution is 2.34. The zero-order chi connectivity index (χ0) is 18.5. The molecule has 2 heterocycles. The zero-order valence-electron chi connectivity index (χ0n) is 16.1. The predicted molar refractivity (Wildman–Crippen MR) is 104 cm³/mol. The van der Waals surface area contributed by atoms with E-state index in [9.17, 15) is 5.11 Å². The molecular formula is C21H32N2O3. The SMILES string of the molecule is C=CCc1cc(CN2CC3CCCN3C[C@@H]2CCO)cc(OC)c1OC. The molecule has 2 fully saturated rings. The molecule has 5 nitrogen and oxygen atoms in total. The number of hydrogen-bond acceptors (Lipinski definition) is 5. The van der Waals surface area contributed by atoms with E-state index in [-0.39, 0.29) is 6.61 Å². The molecule has 0 bridgehead atoms. The number of aliphatic hydroxyl groups is 1. The Bertz CT molecular complexity index is 620. The number of rotatable bonds is 8. The summed E-state index contributed by atoms with van der Waals surface area (Å²) in [4.78, 5) is 5.15. The van der Waals surface area contributed by atoms with Crippen molar-refractivity contribution in [1.82, 2.24) is 9.80 Å². The molecule has 0 radical (unpaired) electrons. The molecule has 2 saturated heterocycles. The van der Waals surface area contributed by atoms with E-state index in [2.05, 4.69) is 28.5 Å². The summed E-state index contributed by atoms with van der Waals surface area (Å²) in [6, 6.07) is 5.37. The van der Waals surface area contributed by atoms with Crippen molar-refractivity contribution in [3.8, 4) is 11.5 Å². The molecule has 2 aliphatic heterocycles. The lowest BCUT2D eigenvalue weighted by molar-refractivity contribution is 0.0333. The topological polar surface area (TPSA) is 45.2 Å². The lowest BCUT2D eigenvalue weighted by atomic mass is 10.0. The smallest absolute Gasteiger partial charge is 0.164 e. The fourth-order valence-electron chi connectivity index (χ4n) is 4.50.